The summed E-state index contributed by atoms with van der Waals surface area (Å²) in [5, 5.41) is 9.75. The van der Waals surface area contributed by atoms with Crippen LogP contribution in [0.15, 0.2) is 0 Å². The molecular weight excluding hydrogens is 210 g/mol. The first-order valence-electron chi connectivity index (χ1n) is 7.41. The summed E-state index contributed by atoms with van der Waals surface area (Å²) >= 11 is 0. The van der Waals surface area contributed by atoms with Crippen LogP contribution in [0.1, 0.15) is 53.4 Å². The molecule has 0 unspecified atom stereocenters. The second-order valence-electron chi connectivity index (χ2n) is 3.37. The predicted octanol–water partition coefficient (Wildman–Crippen LogP) is 2.63. The molecule has 17 heavy (non-hydrogen) atoms. The monoisotopic (exact) mass is 247 g/mol. The summed E-state index contributed by atoms with van der Waals surface area (Å²) in [5.74, 6) is 0. The Hall–Kier alpha value is -0.120. The minimum atomic E-state index is 1.14. The van der Waals surface area contributed by atoms with E-state index in [0.29, 0.717) is 0 Å². The number of nitrogens with one attached hydrogen (secondary N) is 3. The van der Waals surface area contributed by atoms with Crippen molar-refractivity contribution in [3.8, 4) is 0 Å². The molecule has 0 aliphatic heterocycles. The maximum Gasteiger partial charge on any atom is -0.00484 e. The van der Waals surface area contributed by atoms with Gasteiger partial charge in [0.25, 0.3) is 0 Å². The van der Waals surface area contributed by atoms with E-state index in [1.807, 2.05) is 41.8 Å². The van der Waals surface area contributed by atoms with E-state index >= 15 is 0 Å². The molecule has 0 radical (unpaired) electrons. The van der Waals surface area contributed by atoms with Crippen LogP contribution >= 0.6 is 0 Å². The fourth-order valence-electron chi connectivity index (χ4n) is 1.23. The van der Waals surface area contributed by atoms with Gasteiger partial charge < -0.3 is 16.0 Å². The zero-order valence-electron chi connectivity index (χ0n) is 13.2. The smallest absolute Gasteiger partial charge is 0.00484 e. The summed E-state index contributed by atoms with van der Waals surface area (Å²) in [6, 6.07) is 0. The fraction of sp³-hybridized carbons (Fsp3) is 1.00. The Labute approximate surface area is 110 Å². The van der Waals surface area contributed by atoms with Crippen molar-refractivity contribution >= 4 is 0 Å². The lowest BCUT2D eigenvalue weighted by atomic mass is 10.3. The lowest BCUT2D eigenvalue weighted by Gasteiger charge is -2.04. The van der Waals surface area contributed by atoms with Crippen molar-refractivity contribution in [1.29, 1.82) is 0 Å². The second kappa shape index (κ2) is 29.7. The van der Waals surface area contributed by atoms with Crippen molar-refractivity contribution in [3.05, 3.63) is 0 Å². The molecule has 0 spiro atoms. The van der Waals surface area contributed by atoms with E-state index in [2.05, 4.69) is 16.0 Å². The molecule has 0 fully saturated rings. The predicted molar refractivity (Wildman–Crippen MR) is 81.9 cm³/mol. The van der Waals surface area contributed by atoms with Gasteiger partial charge in [0.1, 0.15) is 0 Å². The van der Waals surface area contributed by atoms with Gasteiger partial charge in [-0.15, -0.1) is 0 Å². The highest BCUT2D eigenvalue weighted by atomic mass is 14.9. The molecule has 0 bridgehead atoms. The SMILES string of the molecule is CC.CC.CNCCCCNCCCCNC. The molecule has 0 atom stereocenters. The first-order chi connectivity index (χ1) is 8.41. The van der Waals surface area contributed by atoms with Crippen molar-refractivity contribution < 1.29 is 0 Å². The van der Waals surface area contributed by atoms with E-state index in [1.165, 1.54) is 38.8 Å². The van der Waals surface area contributed by atoms with Crippen LogP contribution in [0, 0.1) is 0 Å². The summed E-state index contributed by atoms with van der Waals surface area (Å²) in [4.78, 5) is 0. The van der Waals surface area contributed by atoms with Crippen molar-refractivity contribution in [3.63, 3.8) is 0 Å². The van der Waals surface area contributed by atoms with Gasteiger partial charge in [-0.2, -0.15) is 0 Å². The van der Waals surface area contributed by atoms with Crippen LogP contribution in [0.25, 0.3) is 0 Å². The number of unbranched alkanes of at least 4 members (excludes halogenated alkanes) is 2. The highest BCUT2D eigenvalue weighted by Crippen LogP contribution is 1.86. The Kier molecular flexibility index (Phi) is 38.6. The summed E-state index contributed by atoms with van der Waals surface area (Å²) in [7, 11) is 4.01. The summed E-state index contributed by atoms with van der Waals surface area (Å²) in [5.41, 5.74) is 0. The Bertz CT molecular complexity index is 77.5. The zero-order chi connectivity index (χ0) is 13.8. The highest BCUT2D eigenvalue weighted by Gasteiger charge is 1.88. The lowest BCUT2D eigenvalue weighted by Crippen LogP contribution is -2.19. The van der Waals surface area contributed by atoms with Gasteiger partial charge in [0, 0.05) is 0 Å². The summed E-state index contributed by atoms with van der Waals surface area (Å²) < 4.78 is 0. The van der Waals surface area contributed by atoms with Crippen LogP contribution in [0.3, 0.4) is 0 Å². The average Bonchev–Trinajstić information content (AvgIpc) is 2.42. The minimum absolute atomic E-state index is 1.14. The maximum atomic E-state index is 3.45. The molecule has 108 valence electrons. The molecule has 0 amide bonds. The zero-order valence-corrected chi connectivity index (χ0v) is 13.2. The van der Waals surface area contributed by atoms with Crippen LogP contribution < -0.4 is 16.0 Å². The van der Waals surface area contributed by atoms with E-state index in [-0.39, 0.29) is 0 Å². The molecule has 0 aliphatic carbocycles. The van der Waals surface area contributed by atoms with Crippen LogP contribution in [-0.4, -0.2) is 40.3 Å². The molecule has 3 nitrogen and oxygen atoms in total. The maximum absolute atomic E-state index is 3.45. The lowest BCUT2D eigenvalue weighted by molar-refractivity contribution is 0.573. The van der Waals surface area contributed by atoms with Crippen LogP contribution in [0.2, 0.25) is 0 Å². The van der Waals surface area contributed by atoms with Crippen molar-refractivity contribution in [2.75, 3.05) is 40.3 Å². The molecular formula is C14H37N3. The Morgan fingerprint density at radius 2 is 0.824 bits per heavy atom. The molecule has 0 heterocycles. The molecule has 0 aromatic heterocycles. The van der Waals surface area contributed by atoms with E-state index in [4.69, 9.17) is 0 Å². The van der Waals surface area contributed by atoms with Crippen molar-refractivity contribution in [2.24, 2.45) is 0 Å². The first-order valence-corrected chi connectivity index (χ1v) is 7.41. The Morgan fingerprint density at radius 1 is 0.529 bits per heavy atom. The van der Waals surface area contributed by atoms with Gasteiger partial charge in [-0.25, -0.2) is 0 Å². The summed E-state index contributed by atoms with van der Waals surface area (Å²) in [6.07, 6.45) is 5.12. The van der Waals surface area contributed by atoms with Gasteiger partial charge >= 0.3 is 0 Å². The fourth-order valence-corrected chi connectivity index (χ4v) is 1.23. The van der Waals surface area contributed by atoms with Crippen LogP contribution in [-0.2, 0) is 0 Å². The molecule has 0 aromatic rings. The van der Waals surface area contributed by atoms with Gasteiger partial charge in [-0.1, -0.05) is 27.7 Å². The number of hydrogen-bond donors (Lipinski definition) is 3. The molecule has 0 aliphatic rings. The van der Waals surface area contributed by atoms with E-state index in [9.17, 15) is 0 Å². The molecule has 0 aromatic carbocycles. The first kappa shape index (κ1) is 22.1. The second-order valence-corrected chi connectivity index (χ2v) is 3.37. The molecule has 0 saturated heterocycles. The van der Waals surface area contributed by atoms with Gasteiger partial charge in [-0.3, -0.25) is 0 Å². The van der Waals surface area contributed by atoms with Gasteiger partial charge in [-0.05, 0) is 66.0 Å². The van der Waals surface area contributed by atoms with Crippen LogP contribution in [0.4, 0.5) is 0 Å². The van der Waals surface area contributed by atoms with E-state index in [1.54, 1.807) is 0 Å². The van der Waals surface area contributed by atoms with Gasteiger partial charge in [0.05, 0.1) is 0 Å². The molecule has 0 saturated carbocycles. The average molecular weight is 247 g/mol. The van der Waals surface area contributed by atoms with E-state index < -0.39 is 0 Å². The van der Waals surface area contributed by atoms with Gasteiger partial charge in [0.15, 0.2) is 0 Å². The highest BCUT2D eigenvalue weighted by molar-refractivity contribution is 4.51. The van der Waals surface area contributed by atoms with Gasteiger partial charge in [0.2, 0.25) is 0 Å². The third kappa shape index (κ3) is 31.3. The number of hydrogen-bond acceptors (Lipinski definition) is 3. The largest absolute Gasteiger partial charge is 0.320 e. The molecule has 3 N–H and O–H groups in total. The molecule has 0 rings (SSSR count). The normalized spacial score (nSPS) is 8.82. The van der Waals surface area contributed by atoms with Crippen LogP contribution in [0.5, 0.6) is 0 Å². The minimum Gasteiger partial charge on any atom is -0.320 e. The third-order valence-electron chi connectivity index (χ3n) is 2.06. The van der Waals surface area contributed by atoms with Crippen molar-refractivity contribution in [2.45, 2.75) is 53.4 Å². The van der Waals surface area contributed by atoms with E-state index in [0.717, 1.165) is 13.1 Å². The van der Waals surface area contributed by atoms with Crippen molar-refractivity contribution in [1.82, 2.24) is 16.0 Å². The topological polar surface area (TPSA) is 36.1 Å². The molecule has 3 heteroatoms. The Balaban J connectivity index is -0.000000439. The standard InChI is InChI=1S/C10H25N3.2C2H6/c1-11-7-3-5-9-13-10-6-4-8-12-2;2*1-2/h11-13H,3-10H2,1-2H3;2*1-2H3. The third-order valence-corrected chi connectivity index (χ3v) is 2.06. The quantitative estimate of drug-likeness (QED) is 0.519. The Morgan fingerprint density at radius 3 is 1.12 bits per heavy atom. The summed E-state index contributed by atoms with van der Waals surface area (Å²) in [6.45, 7) is 12.6. The number of rotatable bonds is 10.